The van der Waals surface area contributed by atoms with E-state index in [2.05, 4.69) is 10.3 Å². The molecule has 0 aliphatic carbocycles. The van der Waals surface area contributed by atoms with Gasteiger partial charge in [-0.05, 0) is 18.9 Å². The number of nitrogens with one attached hydrogen (secondary N) is 1. The molecular formula is C19H27F3IN3O3. The predicted octanol–water partition coefficient (Wildman–Crippen LogP) is 3.45. The van der Waals surface area contributed by atoms with E-state index in [1.807, 2.05) is 18.7 Å². The first kappa shape index (κ1) is 25.3. The number of halogens is 4. The number of guanidine groups is 1. The fourth-order valence-electron chi connectivity index (χ4n) is 3.12. The second kappa shape index (κ2) is 11.5. The van der Waals surface area contributed by atoms with Crippen LogP contribution in [0.1, 0.15) is 19.4 Å². The molecule has 0 saturated carbocycles. The number of carbonyl (C=O) groups is 1. The molecule has 1 N–H and O–H groups in total. The van der Waals surface area contributed by atoms with Gasteiger partial charge in [0.1, 0.15) is 5.75 Å². The maximum atomic E-state index is 12.5. The van der Waals surface area contributed by atoms with Crippen molar-refractivity contribution in [2.75, 3.05) is 33.4 Å². The fraction of sp³-hybridized carbons (Fsp3) is 0.579. The Labute approximate surface area is 185 Å². The molecule has 29 heavy (non-hydrogen) atoms. The lowest BCUT2D eigenvalue weighted by Crippen LogP contribution is -2.40. The summed E-state index contributed by atoms with van der Waals surface area (Å²) in [5.41, 5.74) is 0.555. The van der Waals surface area contributed by atoms with Gasteiger partial charge in [-0.2, -0.15) is 13.2 Å². The minimum atomic E-state index is -4.40. The van der Waals surface area contributed by atoms with E-state index in [0.717, 1.165) is 0 Å². The molecule has 0 spiro atoms. The molecule has 1 aromatic rings. The average molecular weight is 529 g/mol. The summed E-state index contributed by atoms with van der Waals surface area (Å²) in [6.07, 6.45) is -4.40. The number of hydrogen-bond acceptors (Lipinski definition) is 4. The fourth-order valence-corrected chi connectivity index (χ4v) is 3.12. The van der Waals surface area contributed by atoms with Gasteiger partial charge >= 0.3 is 12.1 Å². The van der Waals surface area contributed by atoms with E-state index in [9.17, 15) is 18.0 Å². The normalized spacial score (nSPS) is 19.5. The highest BCUT2D eigenvalue weighted by atomic mass is 127. The van der Waals surface area contributed by atoms with Gasteiger partial charge < -0.3 is 19.7 Å². The van der Waals surface area contributed by atoms with E-state index in [1.54, 1.807) is 18.2 Å². The molecule has 1 heterocycles. The van der Waals surface area contributed by atoms with Crippen molar-refractivity contribution < 1.29 is 27.4 Å². The molecule has 1 saturated heterocycles. The number of para-hydroxylation sites is 1. The molecule has 0 aromatic heterocycles. The molecule has 0 bridgehead atoms. The van der Waals surface area contributed by atoms with Gasteiger partial charge in [-0.1, -0.05) is 25.1 Å². The van der Waals surface area contributed by atoms with Gasteiger partial charge in [-0.15, -0.1) is 24.0 Å². The third-order valence-electron chi connectivity index (χ3n) is 4.51. The van der Waals surface area contributed by atoms with Crippen LogP contribution in [0.5, 0.6) is 5.75 Å². The first-order chi connectivity index (χ1) is 13.2. The zero-order valence-corrected chi connectivity index (χ0v) is 19.0. The number of rotatable bonds is 6. The lowest BCUT2D eigenvalue weighted by Gasteiger charge is -2.21. The maximum Gasteiger partial charge on any atom is 0.422 e. The van der Waals surface area contributed by atoms with Crippen LogP contribution >= 0.6 is 24.0 Å². The van der Waals surface area contributed by atoms with Crippen LogP contribution < -0.4 is 10.1 Å². The van der Waals surface area contributed by atoms with Gasteiger partial charge in [-0.3, -0.25) is 4.79 Å². The maximum absolute atomic E-state index is 12.5. The molecule has 10 heteroatoms. The SMILES string of the molecule is CCNC(=NCc1ccccc1OCC(F)(F)F)N1CC(C)C(C(=O)OC)C1.I. The molecule has 2 rings (SSSR count). The molecule has 0 radical (unpaired) electrons. The van der Waals surface area contributed by atoms with E-state index < -0.39 is 12.8 Å². The highest BCUT2D eigenvalue weighted by molar-refractivity contribution is 14.0. The third kappa shape index (κ3) is 7.56. The topological polar surface area (TPSA) is 63.2 Å². The van der Waals surface area contributed by atoms with E-state index in [4.69, 9.17) is 9.47 Å². The van der Waals surface area contributed by atoms with Crippen LogP contribution in [-0.2, 0) is 16.1 Å². The van der Waals surface area contributed by atoms with E-state index in [1.165, 1.54) is 13.2 Å². The van der Waals surface area contributed by atoms with Gasteiger partial charge in [0.05, 0.1) is 19.6 Å². The number of hydrogen-bond donors (Lipinski definition) is 1. The Morgan fingerprint density at radius 3 is 2.62 bits per heavy atom. The number of benzene rings is 1. The molecule has 1 aliphatic heterocycles. The minimum absolute atomic E-state index is 0. The number of likely N-dealkylation sites (tertiary alicyclic amines) is 1. The van der Waals surface area contributed by atoms with Crippen molar-refractivity contribution in [3.05, 3.63) is 29.8 Å². The van der Waals surface area contributed by atoms with Crippen molar-refractivity contribution >= 4 is 35.9 Å². The van der Waals surface area contributed by atoms with Crippen LogP contribution in [0.25, 0.3) is 0 Å². The number of alkyl halides is 3. The van der Waals surface area contributed by atoms with Gasteiger partial charge in [0.25, 0.3) is 0 Å². The summed E-state index contributed by atoms with van der Waals surface area (Å²) in [6.45, 7) is 4.45. The van der Waals surface area contributed by atoms with Crippen LogP contribution in [-0.4, -0.2) is 56.4 Å². The summed E-state index contributed by atoms with van der Waals surface area (Å²) in [7, 11) is 1.37. The zero-order valence-electron chi connectivity index (χ0n) is 16.7. The predicted molar refractivity (Wildman–Crippen MR) is 114 cm³/mol. The van der Waals surface area contributed by atoms with Gasteiger partial charge in [0, 0.05) is 25.2 Å². The van der Waals surface area contributed by atoms with Gasteiger partial charge in [-0.25, -0.2) is 4.99 Å². The number of methoxy groups -OCH3 is 1. The first-order valence-corrected chi connectivity index (χ1v) is 9.13. The summed E-state index contributed by atoms with van der Waals surface area (Å²) in [5, 5.41) is 3.17. The Morgan fingerprint density at radius 1 is 1.31 bits per heavy atom. The van der Waals surface area contributed by atoms with Crippen molar-refractivity contribution in [2.24, 2.45) is 16.8 Å². The summed E-state index contributed by atoms with van der Waals surface area (Å²) >= 11 is 0. The third-order valence-corrected chi connectivity index (χ3v) is 4.51. The Morgan fingerprint density at radius 2 is 2.00 bits per heavy atom. The number of nitrogens with zero attached hydrogens (tertiary/aromatic N) is 2. The van der Waals surface area contributed by atoms with Crippen molar-refractivity contribution in [1.82, 2.24) is 10.2 Å². The average Bonchev–Trinajstić information content (AvgIpc) is 3.04. The van der Waals surface area contributed by atoms with Crippen LogP contribution in [0, 0.1) is 11.8 Å². The molecule has 6 nitrogen and oxygen atoms in total. The monoisotopic (exact) mass is 529 g/mol. The lowest BCUT2D eigenvalue weighted by molar-refractivity contribution is -0.153. The molecular weight excluding hydrogens is 502 g/mol. The molecule has 1 aromatic carbocycles. The second-order valence-electron chi connectivity index (χ2n) is 6.69. The van der Waals surface area contributed by atoms with Crippen LogP contribution in [0.15, 0.2) is 29.3 Å². The molecule has 0 amide bonds. The second-order valence-corrected chi connectivity index (χ2v) is 6.69. The van der Waals surface area contributed by atoms with E-state index in [0.29, 0.717) is 31.2 Å². The van der Waals surface area contributed by atoms with Crippen molar-refractivity contribution in [1.29, 1.82) is 0 Å². The molecule has 2 unspecified atom stereocenters. The number of esters is 1. The van der Waals surface area contributed by atoms with Crippen LogP contribution in [0.2, 0.25) is 0 Å². The van der Waals surface area contributed by atoms with Gasteiger partial charge in [0.15, 0.2) is 12.6 Å². The Hall–Kier alpha value is -1.72. The molecule has 1 aliphatic rings. The summed E-state index contributed by atoms with van der Waals surface area (Å²) in [5.74, 6) is 0.375. The minimum Gasteiger partial charge on any atom is -0.484 e. The quantitative estimate of drug-likeness (QED) is 0.265. The molecule has 164 valence electrons. The zero-order chi connectivity index (χ0) is 20.7. The highest BCUT2D eigenvalue weighted by Crippen LogP contribution is 2.25. The van der Waals surface area contributed by atoms with E-state index >= 15 is 0 Å². The summed E-state index contributed by atoms with van der Waals surface area (Å²) in [4.78, 5) is 18.4. The van der Waals surface area contributed by atoms with Crippen LogP contribution in [0.3, 0.4) is 0 Å². The largest absolute Gasteiger partial charge is 0.484 e. The smallest absolute Gasteiger partial charge is 0.422 e. The Kier molecular flexibility index (Phi) is 10.0. The van der Waals surface area contributed by atoms with Crippen LogP contribution in [0.4, 0.5) is 13.2 Å². The standard InChI is InChI=1S/C19H26F3N3O3.HI/c1-4-23-18(25-10-13(2)15(11-25)17(26)27-3)24-9-14-7-5-6-8-16(14)28-12-19(20,21)22;/h5-8,13,15H,4,9-12H2,1-3H3,(H,23,24);1H. The van der Waals surface area contributed by atoms with Gasteiger partial charge in [0.2, 0.25) is 0 Å². The van der Waals surface area contributed by atoms with E-state index in [-0.39, 0.29) is 54.1 Å². The first-order valence-electron chi connectivity index (χ1n) is 9.13. The number of aliphatic imine (C=N–C) groups is 1. The van der Waals surface area contributed by atoms with Crippen molar-refractivity contribution in [3.8, 4) is 5.75 Å². The van der Waals surface area contributed by atoms with Crippen molar-refractivity contribution in [3.63, 3.8) is 0 Å². The summed E-state index contributed by atoms with van der Waals surface area (Å²) < 4.78 is 47.1. The number of carbonyl (C=O) groups excluding carboxylic acids is 1. The van der Waals surface area contributed by atoms with Crippen molar-refractivity contribution in [2.45, 2.75) is 26.6 Å². The lowest BCUT2D eigenvalue weighted by atomic mass is 9.99. The summed E-state index contributed by atoms with van der Waals surface area (Å²) in [6, 6.07) is 6.52. The highest BCUT2D eigenvalue weighted by Gasteiger charge is 2.37. The Balaban J connectivity index is 0.00000420. The molecule has 2 atom stereocenters. The Bertz CT molecular complexity index is 701. The molecule has 1 fully saturated rings. The number of ether oxygens (including phenoxy) is 2.